The molecule has 5 nitrogen and oxygen atoms in total. The van der Waals surface area contributed by atoms with Gasteiger partial charge >= 0.3 is 6.61 Å². The van der Waals surface area contributed by atoms with Crippen LogP contribution in [0.4, 0.5) is 14.6 Å². The van der Waals surface area contributed by atoms with Gasteiger partial charge in [-0.05, 0) is 12.1 Å². The van der Waals surface area contributed by atoms with Gasteiger partial charge in [0.1, 0.15) is 17.3 Å². The van der Waals surface area contributed by atoms with Crippen molar-refractivity contribution in [2.45, 2.75) is 26.4 Å². The maximum Gasteiger partial charge on any atom is 0.387 e. The van der Waals surface area contributed by atoms with Gasteiger partial charge in [0, 0.05) is 11.5 Å². The predicted molar refractivity (Wildman–Crippen MR) is 72.9 cm³/mol. The first-order valence-corrected chi connectivity index (χ1v) is 6.09. The third-order valence-electron chi connectivity index (χ3n) is 2.85. The third-order valence-corrected chi connectivity index (χ3v) is 2.85. The van der Waals surface area contributed by atoms with Crippen molar-refractivity contribution in [3.63, 3.8) is 0 Å². The number of halogens is 2. The number of nitrogens with two attached hydrogens (primary N) is 2. The summed E-state index contributed by atoms with van der Waals surface area (Å²) in [5, 5.41) is 0. The molecule has 0 fully saturated rings. The molecule has 20 heavy (non-hydrogen) atoms. The van der Waals surface area contributed by atoms with E-state index < -0.39 is 6.61 Å². The van der Waals surface area contributed by atoms with E-state index in [0.717, 1.165) is 0 Å². The zero-order chi connectivity index (χ0) is 14.9. The van der Waals surface area contributed by atoms with E-state index in [4.69, 9.17) is 11.6 Å². The Labute approximate surface area is 115 Å². The molecule has 1 aromatic carbocycles. The van der Waals surface area contributed by atoms with E-state index in [0.29, 0.717) is 17.1 Å². The Bertz CT molecular complexity index is 610. The molecule has 0 bridgehead atoms. The highest BCUT2D eigenvalue weighted by atomic mass is 19.3. The number of hydrogen-bond acceptors (Lipinski definition) is 4. The summed E-state index contributed by atoms with van der Waals surface area (Å²) in [6.07, 6.45) is 0. The van der Waals surface area contributed by atoms with Gasteiger partial charge in [0.05, 0.1) is 0 Å². The van der Waals surface area contributed by atoms with E-state index in [9.17, 15) is 8.78 Å². The molecule has 1 aromatic heterocycles. The number of ether oxygens (including phenoxy) is 1. The highest BCUT2D eigenvalue weighted by Gasteiger charge is 2.20. The minimum absolute atomic E-state index is 0.0163. The quantitative estimate of drug-likeness (QED) is 0.845. The Morgan fingerprint density at radius 2 is 1.90 bits per heavy atom. The van der Waals surface area contributed by atoms with Crippen LogP contribution >= 0.6 is 0 Å². The summed E-state index contributed by atoms with van der Waals surface area (Å²) in [6, 6.07) is 6.34. The van der Waals surface area contributed by atoms with E-state index in [-0.39, 0.29) is 17.5 Å². The molecular weight excluding hydrogens is 266 g/mol. The van der Waals surface area contributed by atoms with Gasteiger partial charge in [0.25, 0.3) is 0 Å². The van der Waals surface area contributed by atoms with Gasteiger partial charge in [-0.1, -0.05) is 26.0 Å². The lowest BCUT2D eigenvalue weighted by atomic mass is 10.1. The van der Waals surface area contributed by atoms with Gasteiger partial charge in [-0.3, -0.25) is 0 Å². The monoisotopic (exact) mass is 282 g/mol. The summed E-state index contributed by atoms with van der Waals surface area (Å²) < 4.78 is 30.6. The molecule has 0 saturated carbocycles. The van der Waals surface area contributed by atoms with Crippen molar-refractivity contribution in [1.29, 1.82) is 0 Å². The molecule has 2 aromatic rings. The maximum atomic E-state index is 12.4. The summed E-state index contributed by atoms with van der Waals surface area (Å²) in [4.78, 5) is 4.34. The molecule has 0 aliphatic heterocycles. The number of nitrogen functional groups attached to an aromatic ring is 2. The predicted octanol–water partition coefficient (Wildman–Crippen LogP) is 2.57. The normalized spacial score (nSPS) is 11.3. The SMILES string of the molecule is CC(C)c1nc(-c2ccccc2OC(F)F)c(N)n1N. The van der Waals surface area contributed by atoms with E-state index in [1.54, 1.807) is 18.2 Å². The molecule has 0 spiro atoms. The standard InChI is InChI=1S/C13H16F2N4O/c1-7(2)12-18-10(11(16)19(12)17)8-5-3-4-6-9(8)20-13(14)15/h3-7,13H,16-17H2,1-2H3. The average Bonchev–Trinajstić information content (AvgIpc) is 2.67. The molecule has 0 radical (unpaired) electrons. The fraction of sp³-hybridized carbons (Fsp3) is 0.308. The Hall–Kier alpha value is -2.31. The van der Waals surface area contributed by atoms with Crippen molar-refractivity contribution in [2.24, 2.45) is 0 Å². The van der Waals surface area contributed by atoms with Crippen LogP contribution in [0.5, 0.6) is 5.75 Å². The van der Waals surface area contributed by atoms with Crippen LogP contribution in [0.1, 0.15) is 25.6 Å². The van der Waals surface area contributed by atoms with Gasteiger partial charge in [-0.2, -0.15) is 8.78 Å². The molecule has 0 aliphatic rings. The summed E-state index contributed by atoms with van der Waals surface area (Å²) in [5.74, 6) is 6.69. The average molecular weight is 282 g/mol. The van der Waals surface area contributed by atoms with Gasteiger partial charge < -0.3 is 16.3 Å². The Balaban J connectivity index is 2.54. The zero-order valence-electron chi connectivity index (χ0n) is 11.2. The fourth-order valence-electron chi connectivity index (χ4n) is 1.93. The fourth-order valence-corrected chi connectivity index (χ4v) is 1.93. The van der Waals surface area contributed by atoms with Crippen molar-refractivity contribution >= 4 is 5.82 Å². The van der Waals surface area contributed by atoms with E-state index >= 15 is 0 Å². The number of hydrogen-bond donors (Lipinski definition) is 2. The number of nitrogens with zero attached hydrogens (tertiary/aromatic N) is 2. The summed E-state index contributed by atoms with van der Waals surface area (Å²) >= 11 is 0. The van der Waals surface area contributed by atoms with Crippen molar-refractivity contribution in [1.82, 2.24) is 9.66 Å². The molecule has 2 rings (SSSR count). The molecule has 0 unspecified atom stereocenters. The number of rotatable bonds is 4. The highest BCUT2D eigenvalue weighted by molar-refractivity contribution is 5.76. The highest BCUT2D eigenvalue weighted by Crippen LogP contribution is 2.34. The van der Waals surface area contributed by atoms with Crippen molar-refractivity contribution in [3.05, 3.63) is 30.1 Å². The van der Waals surface area contributed by atoms with Crippen LogP contribution < -0.4 is 16.3 Å². The second kappa shape index (κ2) is 5.36. The molecular formula is C13H16F2N4O. The molecule has 0 amide bonds. The van der Waals surface area contributed by atoms with Crippen LogP contribution in [0.2, 0.25) is 0 Å². The van der Waals surface area contributed by atoms with Gasteiger partial charge in [0.2, 0.25) is 0 Å². The minimum atomic E-state index is -2.91. The Morgan fingerprint density at radius 3 is 2.45 bits per heavy atom. The second-order valence-corrected chi connectivity index (χ2v) is 4.60. The van der Waals surface area contributed by atoms with Crippen LogP contribution in [-0.4, -0.2) is 16.3 Å². The Kier molecular flexibility index (Phi) is 3.78. The maximum absolute atomic E-state index is 12.4. The van der Waals surface area contributed by atoms with Gasteiger partial charge in [-0.25, -0.2) is 9.66 Å². The number of imidazole rings is 1. The summed E-state index contributed by atoms with van der Waals surface area (Å²) in [6.45, 7) is 0.911. The summed E-state index contributed by atoms with van der Waals surface area (Å²) in [7, 11) is 0. The van der Waals surface area contributed by atoms with E-state index in [2.05, 4.69) is 9.72 Å². The molecule has 1 heterocycles. The zero-order valence-corrected chi connectivity index (χ0v) is 11.2. The molecule has 0 saturated heterocycles. The molecule has 0 atom stereocenters. The first-order valence-electron chi connectivity index (χ1n) is 6.09. The van der Waals surface area contributed by atoms with E-state index in [1.807, 2.05) is 13.8 Å². The van der Waals surface area contributed by atoms with E-state index in [1.165, 1.54) is 10.7 Å². The largest absolute Gasteiger partial charge is 0.434 e. The van der Waals surface area contributed by atoms with Crippen LogP contribution in [0.3, 0.4) is 0 Å². The Morgan fingerprint density at radius 1 is 1.25 bits per heavy atom. The first kappa shape index (κ1) is 14.1. The number of benzene rings is 1. The number of alkyl halides is 2. The lowest BCUT2D eigenvalue weighted by molar-refractivity contribution is -0.0494. The van der Waals surface area contributed by atoms with Gasteiger partial charge in [-0.15, -0.1) is 0 Å². The molecule has 7 heteroatoms. The van der Waals surface area contributed by atoms with Crippen LogP contribution in [-0.2, 0) is 0 Å². The summed E-state index contributed by atoms with van der Waals surface area (Å²) in [5.41, 5.74) is 6.63. The van der Waals surface area contributed by atoms with Gasteiger partial charge in [0.15, 0.2) is 5.82 Å². The van der Waals surface area contributed by atoms with Crippen LogP contribution in [0.15, 0.2) is 24.3 Å². The lowest BCUT2D eigenvalue weighted by Gasteiger charge is -2.09. The van der Waals surface area contributed by atoms with Crippen LogP contribution in [0, 0.1) is 0 Å². The molecule has 108 valence electrons. The first-order chi connectivity index (χ1) is 9.41. The number of para-hydroxylation sites is 1. The molecule has 4 N–H and O–H groups in total. The molecule has 0 aliphatic carbocycles. The minimum Gasteiger partial charge on any atom is -0.434 e. The van der Waals surface area contributed by atoms with Crippen molar-refractivity contribution in [2.75, 3.05) is 11.6 Å². The second-order valence-electron chi connectivity index (χ2n) is 4.60. The number of aromatic nitrogens is 2. The number of anilines is 1. The van der Waals surface area contributed by atoms with Crippen molar-refractivity contribution in [3.8, 4) is 17.0 Å². The smallest absolute Gasteiger partial charge is 0.387 e. The van der Waals surface area contributed by atoms with Crippen LogP contribution in [0.25, 0.3) is 11.3 Å². The third kappa shape index (κ3) is 2.52. The topological polar surface area (TPSA) is 79.1 Å². The van der Waals surface area contributed by atoms with Crippen molar-refractivity contribution < 1.29 is 13.5 Å². The lowest BCUT2D eigenvalue weighted by Crippen LogP contribution is -2.16.